The number of hydrogen-bond donors (Lipinski definition) is 1. The molecule has 0 radical (unpaired) electrons. The van der Waals surface area contributed by atoms with Crippen LogP contribution in [0.5, 0.6) is 11.5 Å². The standard InChI is InChI=1S/C17H28N2O2/c1-12(2)19(11-13-5-6-13)16(10-18)15-8-7-14(20-3)9-17(15)21-4/h7-9,12-13,16H,5-6,10-11,18H2,1-4H3. The summed E-state index contributed by atoms with van der Waals surface area (Å²) in [4.78, 5) is 2.50. The molecule has 4 nitrogen and oxygen atoms in total. The lowest BCUT2D eigenvalue weighted by atomic mass is 10.0. The summed E-state index contributed by atoms with van der Waals surface area (Å²) in [6.07, 6.45) is 2.69. The zero-order valence-electron chi connectivity index (χ0n) is 13.6. The summed E-state index contributed by atoms with van der Waals surface area (Å²) in [5, 5.41) is 0. The predicted molar refractivity (Wildman–Crippen MR) is 85.9 cm³/mol. The van der Waals surface area contributed by atoms with Gasteiger partial charge in [0.05, 0.1) is 20.3 Å². The van der Waals surface area contributed by atoms with Crippen molar-refractivity contribution >= 4 is 0 Å². The van der Waals surface area contributed by atoms with Crippen LogP contribution in [0.2, 0.25) is 0 Å². The van der Waals surface area contributed by atoms with Crippen molar-refractivity contribution in [3.8, 4) is 11.5 Å². The van der Waals surface area contributed by atoms with Crippen LogP contribution in [0.3, 0.4) is 0 Å². The molecule has 118 valence electrons. The van der Waals surface area contributed by atoms with Gasteiger partial charge in [-0.15, -0.1) is 0 Å². The van der Waals surface area contributed by atoms with Gasteiger partial charge in [-0.1, -0.05) is 6.07 Å². The van der Waals surface area contributed by atoms with E-state index in [0.717, 1.165) is 29.5 Å². The molecule has 0 amide bonds. The minimum Gasteiger partial charge on any atom is -0.497 e. The maximum atomic E-state index is 6.11. The van der Waals surface area contributed by atoms with E-state index in [1.54, 1.807) is 14.2 Å². The van der Waals surface area contributed by atoms with Crippen molar-refractivity contribution in [3.63, 3.8) is 0 Å². The maximum absolute atomic E-state index is 6.11. The Kier molecular flexibility index (Phi) is 5.48. The fourth-order valence-corrected chi connectivity index (χ4v) is 2.83. The van der Waals surface area contributed by atoms with Gasteiger partial charge in [0.15, 0.2) is 0 Å². The number of ether oxygens (including phenoxy) is 2. The predicted octanol–water partition coefficient (Wildman–Crippen LogP) is 2.82. The highest BCUT2D eigenvalue weighted by atomic mass is 16.5. The summed E-state index contributed by atoms with van der Waals surface area (Å²) in [5.74, 6) is 2.50. The second-order valence-electron chi connectivity index (χ2n) is 6.09. The lowest BCUT2D eigenvalue weighted by molar-refractivity contribution is 0.147. The molecule has 1 aromatic carbocycles. The molecule has 1 aliphatic rings. The van der Waals surface area contributed by atoms with Gasteiger partial charge in [-0.25, -0.2) is 0 Å². The Labute approximate surface area is 128 Å². The largest absolute Gasteiger partial charge is 0.497 e. The smallest absolute Gasteiger partial charge is 0.127 e. The van der Waals surface area contributed by atoms with Crippen LogP contribution in [0.25, 0.3) is 0 Å². The van der Waals surface area contributed by atoms with Crippen molar-refractivity contribution in [2.45, 2.75) is 38.8 Å². The average molecular weight is 292 g/mol. The van der Waals surface area contributed by atoms with Crippen LogP contribution in [0.1, 0.15) is 38.3 Å². The van der Waals surface area contributed by atoms with Crippen molar-refractivity contribution in [1.29, 1.82) is 0 Å². The van der Waals surface area contributed by atoms with Crippen LogP contribution < -0.4 is 15.2 Å². The first-order valence-corrected chi connectivity index (χ1v) is 7.78. The molecule has 1 fully saturated rings. The normalized spacial score (nSPS) is 16.3. The molecule has 0 aliphatic heterocycles. The van der Waals surface area contributed by atoms with E-state index >= 15 is 0 Å². The van der Waals surface area contributed by atoms with Crippen molar-refractivity contribution in [3.05, 3.63) is 23.8 Å². The molecule has 1 atom stereocenters. The quantitative estimate of drug-likeness (QED) is 0.800. The van der Waals surface area contributed by atoms with Crippen LogP contribution in [-0.4, -0.2) is 38.3 Å². The molecule has 1 saturated carbocycles. The van der Waals surface area contributed by atoms with E-state index in [1.165, 1.54) is 12.8 Å². The molecule has 0 aromatic heterocycles. The van der Waals surface area contributed by atoms with E-state index in [1.807, 2.05) is 12.1 Å². The Morgan fingerprint density at radius 1 is 1.24 bits per heavy atom. The molecule has 21 heavy (non-hydrogen) atoms. The highest BCUT2D eigenvalue weighted by molar-refractivity contribution is 5.42. The van der Waals surface area contributed by atoms with Gasteiger partial charge in [0.25, 0.3) is 0 Å². The van der Waals surface area contributed by atoms with Gasteiger partial charge >= 0.3 is 0 Å². The van der Waals surface area contributed by atoms with Crippen LogP contribution in [-0.2, 0) is 0 Å². The minimum atomic E-state index is 0.187. The summed E-state index contributed by atoms with van der Waals surface area (Å²) in [6, 6.07) is 6.65. The van der Waals surface area contributed by atoms with Gasteiger partial charge in [0.1, 0.15) is 11.5 Å². The first-order valence-electron chi connectivity index (χ1n) is 7.78. The topological polar surface area (TPSA) is 47.7 Å². The van der Waals surface area contributed by atoms with Crippen molar-refractivity contribution < 1.29 is 9.47 Å². The average Bonchev–Trinajstić information content (AvgIpc) is 3.31. The summed E-state index contributed by atoms with van der Waals surface area (Å²) in [5.41, 5.74) is 7.25. The Morgan fingerprint density at radius 3 is 2.43 bits per heavy atom. The summed E-state index contributed by atoms with van der Waals surface area (Å²) in [7, 11) is 3.37. The molecular formula is C17H28N2O2. The highest BCUT2D eigenvalue weighted by Crippen LogP contribution is 2.37. The first kappa shape index (κ1) is 16.1. The van der Waals surface area contributed by atoms with Gasteiger partial charge in [0, 0.05) is 30.8 Å². The number of methoxy groups -OCH3 is 2. The van der Waals surface area contributed by atoms with Gasteiger partial charge in [-0.05, 0) is 38.7 Å². The van der Waals surface area contributed by atoms with E-state index in [2.05, 4.69) is 24.8 Å². The molecule has 0 spiro atoms. The Balaban J connectivity index is 2.29. The fraction of sp³-hybridized carbons (Fsp3) is 0.647. The zero-order valence-corrected chi connectivity index (χ0v) is 13.6. The molecule has 1 aliphatic carbocycles. The summed E-state index contributed by atoms with van der Waals surface area (Å²) in [6.45, 7) is 6.18. The third-order valence-electron chi connectivity index (χ3n) is 4.25. The second-order valence-corrected chi connectivity index (χ2v) is 6.09. The molecule has 4 heteroatoms. The monoisotopic (exact) mass is 292 g/mol. The lowest BCUT2D eigenvalue weighted by Crippen LogP contribution is -2.40. The van der Waals surface area contributed by atoms with Crippen molar-refractivity contribution in [2.75, 3.05) is 27.3 Å². The van der Waals surface area contributed by atoms with Gasteiger partial charge < -0.3 is 15.2 Å². The fourth-order valence-electron chi connectivity index (χ4n) is 2.83. The summed E-state index contributed by atoms with van der Waals surface area (Å²) >= 11 is 0. The minimum absolute atomic E-state index is 0.187. The third-order valence-corrected chi connectivity index (χ3v) is 4.25. The van der Waals surface area contributed by atoms with Crippen LogP contribution in [0.4, 0.5) is 0 Å². The highest BCUT2D eigenvalue weighted by Gasteiger charge is 2.31. The molecule has 2 N–H and O–H groups in total. The number of hydrogen-bond acceptors (Lipinski definition) is 4. The van der Waals surface area contributed by atoms with Gasteiger partial charge in [-0.2, -0.15) is 0 Å². The number of nitrogens with zero attached hydrogens (tertiary/aromatic N) is 1. The zero-order chi connectivity index (χ0) is 15.4. The van der Waals surface area contributed by atoms with E-state index in [9.17, 15) is 0 Å². The molecule has 1 aromatic rings. The number of nitrogens with two attached hydrogens (primary N) is 1. The maximum Gasteiger partial charge on any atom is 0.127 e. The van der Waals surface area contributed by atoms with Gasteiger partial charge in [0.2, 0.25) is 0 Å². The SMILES string of the molecule is COc1ccc(C(CN)N(CC2CC2)C(C)C)c(OC)c1. The van der Waals surface area contributed by atoms with E-state index < -0.39 is 0 Å². The van der Waals surface area contributed by atoms with Crippen molar-refractivity contribution in [1.82, 2.24) is 4.90 Å². The first-order chi connectivity index (χ1) is 10.1. The Hall–Kier alpha value is -1.26. The van der Waals surface area contributed by atoms with Gasteiger partial charge in [-0.3, -0.25) is 4.90 Å². The summed E-state index contributed by atoms with van der Waals surface area (Å²) < 4.78 is 10.8. The third kappa shape index (κ3) is 3.89. The Morgan fingerprint density at radius 2 is 1.95 bits per heavy atom. The molecule has 0 saturated heterocycles. The van der Waals surface area contributed by atoms with E-state index in [-0.39, 0.29) is 6.04 Å². The lowest BCUT2D eigenvalue weighted by Gasteiger charge is -2.35. The molecule has 0 heterocycles. The number of rotatable bonds is 8. The van der Waals surface area contributed by atoms with E-state index in [0.29, 0.717) is 12.6 Å². The van der Waals surface area contributed by atoms with E-state index in [4.69, 9.17) is 15.2 Å². The molecule has 1 unspecified atom stereocenters. The molecule has 0 bridgehead atoms. The van der Waals surface area contributed by atoms with Crippen molar-refractivity contribution in [2.24, 2.45) is 11.7 Å². The Bertz CT molecular complexity index is 458. The van der Waals surface area contributed by atoms with Crippen LogP contribution in [0.15, 0.2) is 18.2 Å². The molecular weight excluding hydrogens is 264 g/mol. The van der Waals surface area contributed by atoms with Crippen LogP contribution in [0, 0.1) is 5.92 Å². The molecule has 2 rings (SSSR count). The van der Waals surface area contributed by atoms with Crippen LogP contribution >= 0.6 is 0 Å². The number of benzene rings is 1. The second kappa shape index (κ2) is 7.14.